The third kappa shape index (κ3) is 5.82. The lowest BCUT2D eigenvalue weighted by molar-refractivity contribution is 0.674. The topological polar surface area (TPSA) is 21.3 Å². The van der Waals surface area contributed by atoms with Crippen LogP contribution in [0.2, 0.25) is 0 Å². The third-order valence-electron chi connectivity index (χ3n) is 12.2. The summed E-state index contributed by atoms with van der Waals surface area (Å²) in [5.74, 6) is 0. The second kappa shape index (κ2) is 14.3. The Labute approximate surface area is 353 Å². The Morgan fingerprint density at radius 2 is 0.770 bits per heavy atom. The van der Waals surface area contributed by atoms with E-state index in [-0.39, 0.29) is 0 Å². The predicted molar refractivity (Wildman–Crippen MR) is 257 cm³/mol. The number of fused-ring (bicyclic) bond motifs is 8. The summed E-state index contributed by atoms with van der Waals surface area (Å²) in [6, 6.07) is 82.8. The van der Waals surface area contributed by atoms with E-state index in [1.54, 1.807) is 0 Å². The van der Waals surface area contributed by atoms with Crippen molar-refractivity contribution < 1.29 is 4.42 Å². The van der Waals surface area contributed by atoms with Gasteiger partial charge in [0, 0.05) is 55.1 Å². The molecule has 0 bridgehead atoms. The molecule has 61 heavy (non-hydrogen) atoms. The van der Waals surface area contributed by atoms with Crippen LogP contribution in [0.25, 0.3) is 93.6 Å². The van der Waals surface area contributed by atoms with Gasteiger partial charge in [-0.3, -0.25) is 0 Å². The number of para-hydroxylation sites is 4. The number of furan rings is 1. The molecule has 0 saturated heterocycles. The average Bonchev–Trinajstić information content (AvgIpc) is 3.89. The Balaban J connectivity index is 0.952. The second-order valence-electron chi connectivity index (χ2n) is 15.7. The molecule has 12 aromatic rings. The fourth-order valence-corrected chi connectivity index (χ4v) is 9.31. The van der Waals surface area contributed by atoms with Crippen molar-refractivity contribution in [2.45, 2.75) is 0 Å². The highest BCUT2D eigenvalue weighted by atomic mass is 16.3. The molecule has 0 unspecified atom stereocenters. The van der Waals surface area contributed by atoms with Gasteiger partial charge in [-0.15, -0.1) is 0 Å². The van der Waals surface area contributed by atoms with Crippen molar-refractivity contribution in [1.29, 1.82) is 0 Å². The minimum atomic E-state index is 0.909. The highest BCUT2D eigenvalue weighted by Gasteiger charge is 2.19. The minimum Gasteiger partial charge on any atom is -0.455 e. The first kappa shape index (κ1) is 34.9. The van der Waals surface area contributed by atoms with Crippen LogP contribution in [-0.4, -0.2) is 4.57 Å². The maximum Gasteiger partial charge on any atom is 0.143 e. The molecule has 3 heteroatoms. The molecular formula is C58H38N2O. The normalized spacial score (nSPS) is 11.6. The van der Waals surface area contributed by atoms with Gasteiger partial charge in [0.15, 0.2) is 0 Å². The van der Waals surface area contributed by atoms with Crippen molar-refractivity contribution in [3.8, 4) is 39.1 Å². The second-order valence-corrected chi connectivity index (χ2v) is 15.7. The van der Waals surface area contributed by atoms with Crippen LogP contribution < -0.4 is 4.90 Å². The summed E-state index contributed by atoms with van der Waals surface area (Å²) in [7, 11) is 0. The van der Waals surface area contributed by atoms with Gasteiger partial charge in [0.2, 0.25) is 0 Å². The van der Waals surface area contributed by atoms with Crippen LogP contribution in [-0.2, 0) is 0 Å². The zero-order valence-corrected chi connectivity index (χ0v) is 33.2. The summed E-state index contributed by atoms with van der Waals surface area (Å²) in [4.78, 5) is 2.34. The van der Waals surface area contributed by atoms with Crippen LogP contribution in [0, 0.1) is 0 Å². The number of nitrogens with zero attached hydrogens (tertiary/aromatic N) is 2. The van der Waals surface area contributed by atoms with E-state index in [2.05, 4.69) is 240 Å². The predicted octanol–water partition coefficient (Wildman–Crippen LogP) is 16.3. The van der Waals surface area contributed by atoms with E-state index < -0.39 is 0 Å². The Morgan fingerprint density at radius 1 is 0.295 bits per heavy atom. The number of hydrogen-bond acceptors (Lipinski definition) is 2. The van der Waals surface area contributed by atoms with Gasteiger partial charge in [0.05, 0.1) is 16.7 Å². The Morgan fingerprint density at radius 3 is 1.44 bits per heavy atom. The van der Waals surface area contributed by atoms with Gasteiger partial charge < -0.3 is 13.9 Å². The molecule has 0 aliphatic carbocycles. The lowest BCUT2D eigenvalue weighted by Crippen LogP contribution is -2.09. The molecule has 0 amide bonds. The van der Waals surface area contributed by atoms with Gasteiger partial charge in [0.25, 0.3) is 0 Å². The quantitative estimate of drug-likeness (QED) is 0.161. The third-order valence-corrected chi connectivity index (χ3v) is 12.2. The lowest BCUT2D eigenvalue weighted by Gasteiger charge is -2.26. The van der Waals surface area contributed by atoms with Gasteiger partial charge in [-0.2, -0.15) is 0 Å². The van der Waals surface area contributed by atoms with Crippen LogP contribution >= 0.6 is 0 Å². The molecule has 0 N–H and O–H groups in total. The summed E-state index contributed by atoms with van der Waals surface area (Å²) in [6.07, 6.45) is 0. The van der Waals surface area contributed by atoms with E-state index in [9.17, 15) is 0 Å². The van der Waals surface area contributed by atoms with Crippen molar-refractivity contribution in [1.82, 2.24) is 4.57 Å². The molecule has 0 spiro atoms. The standard InChI is InChI=1S/C58H38N2O/c1-2-13-39(14-3-1)40-25-32-44(33-26-40)59(46-36-29-43(30-37-46)49-20-12-21-52-53-38-31-41-15-4-5-17-48(41)58(53)61-57(49)52)45-34-27-42(28-35-45)47-16-6-9-22-54(47)60-55-23-10-7-18-50(55)51-19-8-11-24-56(51)60/h1-38H. The molecule has 0 saturated carbocycles. The van der Waals surface area contributed by atoms with Crippen LogP contribution in [0.15, 0.2) is 235 Å². The maximum absolute atomic E-state index is 6.73. The molecule has 3 nitrogen and oxygen atoms in total. The van der Waals surface area contributed by atoms with Gasteiger partial charge in [-0.25, -0.2) is 0 Å². The zero-order valence-electron chi connectivity index (χ0n) is 33.2. The summed E-state index contributed by atoms with van der Waals surface area (Å²) in [5, 5.41) is 7.09. The Bertz CT molecular complexity index is 3510. The fraction of sp³-hybridized carbons (Fsp3) is 0. The van der Waals surface area contributed by atoms with Crippen LogP contribution in [0.3, 0.4) is 0 Å². The molecule has 10 aromatic carbocycles. The van der Waals surface area contributed by atoms with E-state index >= 15 is 0 Å². The SMILES string of the molecule is c1ccc(-c2ccc(N(c3ccc(-c4ccccc4-n4c5ccccc5c5ccccc54)cc3)c3ccc(-c4cccc5c4oc4c6ccccc6ccc54)cc3)cc2)cc1. The van der Waals surface area contributed by atoms with Crippen molar-refractivity contribution in [3.63, 3.8) is 0 Å². The van der Waals surface area contributed by atoms with Crippen molar-refractivity contribution in [2.75, 3.05) is 4.90 Å². The lowest BCUT2D eigenvalue weighted by atomic mass is 10.0. The van der Waals surface area contributed by atoms with Gasteiger partial charge in [-0.1, -0.05) is 170 Å². The largest absolute Gasteiger partial charge is 0.455 e. The first-order valence-corrected chi connectivity index (χ1v) is 20.8. The van der Waals surface area contributed by atoms with Gasteiger partial charge >= 0.3 is 0 Å². The summed E-state index contributed by atoms with van der Waals surface area (Å²) in [6.45, 7) is 0. The summed E-state index contributed by atoms with van der Waals surface area (Å²) in [5.41, 5.74) is 15.5. The van der Waals surface area contributed by atoms with E-state index in [0.29, 0.717) is 0 Å². The van der Waals surface area contributed by atoms with Crippen molar-refractivity contribution in [2.24, 2.45) is 0 Å². The van der Waals surface area contributed by atoms with E-state index in [1.807, 2.05) is 0 Å². The maximum atomic E-state index is 6.73. The van der Waals surface area contributed by atoms with Crippen LogP contribution in [0.5, 0.6) is 0 Å². The van der Waals surface area contributed by atoms with E-state index in [1.165, 1.54) is 43.9 Å². The first-order valence-electron chi connectivity index (χ1n) is 20.8. The average molecular weight is 779 g/mol. The number of benzene rings is 10. The molecule has 0 radical (unpaired) electrons. The fourth-order valence-electron chi connectivity index (χ4n) is 9.31. The smallest absolute Gasteiger partial charge is 0.143 e. The molecule has 12 rings (SSSR count). The van der Waals surface area contributed by atoms with E-state index in [4.69, 9.17) is 4.42 Å². The van der Waals surface area contributed by atoms with Gasteiger partial charge in [0.1, 0.15) is 11.2 Å². The highest BCUT2D eigenvalue weighted by molar-refractivity contribution is 6.17. The van der Waals surface area contributed by atoms with Crippen molar-refractivity contribution >= 4 is 71.6 Å². The summed E-state index contributed by atoms with van der Waals surface area (Å²) >= 11 is 0. The minimum absolute atomic E-state index is 0.909. The first-order chi connectivity index (χ1) is 30.3. The van der Waals surface area contributed by atoms with Crippen LogP contribution in [0.4, 0.5) is 17.1 Å². The molecule has 0 fully saturated rings. The zero-order chi connectivity index (χ0) is 40.3. The van der Waals surface area contributed by atoms with Crippen molar-refractivity contribution in [3.05, 3.63) is 231 Å². The molecule has 2 heterocycles. The van der Waals surface area contributed by atoms with Gasteiger partial charge in [-0.05, 0) is 88.3 Å². The molecule has 0 atom stereocenters. The monoisotopic (exact) mass is 778 g/mol. The molecule has 0 aliphatic rings. The molecule has 286 valence electrons. The number of aromatic nitrogens is 1. The van der Waals surface area contributed by atoms with Crippen LogP contribution in [0.1, 0.15) is 0 Å². The summed E-state index contributed by atoms with van der Waals surface area (Å²) < 4.78 is 9.13. The highest BCUT2D eigenvalue weighted by Crippen LogP contribution is 2.42. The Hall–Kier alpha value is -8.14. The molecule has 0 aliphatic heterocycles. The molecular weight excluding hydrogens is 741 g/mol. The number of hydrogen-bond donors (Lipinski definition) is 0. The number of rotatable bonds is 7. The van der Waals surface area contributed by atoms with E-state index in [0.717, 1.165) is 66.8 Å². The Kier molecular flexibility index (Phi) is 8.17. The molecule has 2 aromatic heterocycles. The number of anilines is 3.